The first kappa shape index (κ1) is 27.7. The second-order valence-electron chi connectivity index (χ2n) is 9.73. The number of para-hydroxylation sites is 1. The molecule has 0 saturated heterocycles. The van der Waals surface area contributed by atoms with Gasteiger partial charge in [-0.1, -0.05) is 59.6 Å². The molecule has 1 aromatic heterocycles. The number of ether oxygens (including phenoxy) is 1. The van der Waals surface area contributed by atoms with Crippen molar-refractivity contribution in [1.29, 1.82) is 0 Å². The number of nitrogens with two attached hydrogens (primary N) is 1. The Morgan fingerprint density at radius 1 is 1.00 bits per heavy atom. The number of hydrogen-bond donors (Lipinski definition) is 4. The number of carbonyl (C=O) groups excluding carboxylic acids is 2. The normalized spacial score (nSPS) is 15.9. The lowest BCUT2D eigenvalue weighted by atomic mass is 9.94. The Balaban J connectivity index is 1.36. The van der Waals surface area contributed by atoms with Gasteiger partial charge in [0.1, 0.15) is 11.8 Å². The quantitative estimate of drug-likeness (QED) is 0.212. The van der Waals surface area contributed by atoms with Crippen LogP contribution in [0.3, 0.4) is 0 Å². The van der Waals surface area contributed by atoms with Crippen molar-refractivity contribution < 1.29 is 14.3 Å². The molecular formula is C30H29Cl2N5O3. The molecule has 206 valence electrons. The van der Waals surface area contributed by atoms with Crippen LogP contribution in [-0.2, 0) is 17.6 Å². The minimum Gasteiger partial charge on any atom is -0.492 e. The SMILES string of the molecule is NC(=O)[C@H](Cc1ccc(Cl)cc1)NC(=O)c1cccc2c1OCCC2NC(Cc1ccc(Cl)cc1)c1cnc[nH]1. The molecule has 0 saturated carbocycles. The van der Waals surface area contributed by atoms with Gasteiger partial charge in [-0.05, 0) is 47.9 Å². The van der Waals surface area contributed by atoms with E-state index in [1.165, 1.54) is 0 Å². The van der Waals surface area contributed by atoms with E-state index in [1.807, 2.05) is 42.6 Å². The maximum absolute atomic E-state index is 13.4. The highest BCUT2D eigenvalue weighted by Crippen LogP contribution is 2.37. The molecule has 0 bridgehead atoms. The predicted molar refractivity (Wildman–Crippen MR) is 155 cm³/mol. The summed E-state index contributed by atoms with van der Waals surface area (Å²) in [5.41, 5.74) is 9.75. The van der Waals surface area contributed by atoms with Crippen molar-refractivity contribution in [3.63, 3.8) is 0 Å². The number of benzene rings is 3. The average molecular weight is 579 g/mol. The Morgan fingerprint density at radius 3 is 2.30 bits per heavy atom. The van der Waals surface area contributed by atoms with Gasteiger partial charge in [-0.3, -0.25) is 9.59 Å². The molecule has 2 heterocycles. The Bertz CT molecular complexity index is 1460. The summed E-state index contributed by atoms with van der Waals surface area (Å²) in [7, 11) is 0. The van der Waals surface area contributed by atoms with Crippen LogP contribution >= 0.6 is 23.2 Å². The Kier molecular flexibility index (Phi) is 8.69. The summed E-state index contributed by atoms with van der Waals surface area (Å²) in [6, 6.07) is 19.2. The molecule has 0 fully saturated rings. The number of aromatic amines is 1. The van der Waals surface area contributed by atoms with Crippen LogP contribution in [0.1, 0.15) is 51.2 Å². The number of primary amides is 1. The van der Waals surface area contributed by atoms with Crippen molar-refractivity contribution in [3.05, 3.63) is 117 Å². The summed E-state index contributed by atoms with van der Waals surface area (Å²) in [6.07, 6.45) is 5.13. The van der Waals surface area contributed by atoms with Gasteiger partial charge >= 0.3 is 0 Å². The van der Waals surface area contributed by atoms with Gasteiger partial charge in [-0.15, -0.1) is 0 Å². The number of amides is 2. The van der Waals surface area contributed by atoms with Gasteiger partial charge < -0.3 is 26.1 Å². The van der Waals surface area contributed by atoms with E-state index in [-0.39, 0.29) is 18.5 Å². The van der Waals surface area contributed by atoms with E-state index in [1.54, 1.807) is 36.7 Å². The zero-order chi connectivity index (χ0) is 28.1. The molecule has 5 N–H and O–H groups in total. The largest absolute Gasteiger partial charge is 0.492 e. The summed E-state index contributed by atoms with van der Waals surface area (Å²) in [6.45, 7) is 0.426. The highest BCUT2D eigenvalue weighted by molar-refractivity contribution is 6.30. The van der Waals surface area contributed by atoms with Crippen LogP contribution in [0.4, 0.5) is 0 Å². The van der Waals surface area contributed by atoms with E-state index in [2.05, 4.69) is 20.6 Å². The van der Waals surface area contributed by atoms with Gasteiger partial charge in [-0.2, -0.15) is 0 Å². The molecule has 0 radical (unpaired) electrons. The smallest absolute Gasteiger partial charge is 0.255 e. The molecule has 5 rings (SSSR count). The van der Waals surface area contributed by atoms with Crippen molar-refractivity contribution in [2.24, 2.45) is 5.73 Å². The number of aromatic nitrogens is 2. The molecule has 1 aliphatic rings. The minimum atomic E-state index is -0.897. The molecule has 1 aliphatic heterocycles. The summed E-state index contributed by atoms with van der Waals surface area (Å²) in [5, 5.41) is 7.80. The number of nitrogens with one attached hydrogen (secondary N) is 3. The number of carbonyl (C=O) groups is 2. The number of nitrogens with zero attached hydrogens (tertiary/aromatic N) is 1. The van der Waals surface area contributed by atoms with Crippen molar-refractivity contribution in [1.82, 2.24) is 20.6 Å². The molecule has 10 heteroatoms. The molecule has 4 aromatic rings. The maximum Gasteiger partial charge on any atom is 0.255 e. The highest BCUT2D eigenvalue weighted by Gasteiger charge is 2.30. The van der Waals surface area contributed by atoms with Gasteiger partial charge in [0.2, 0.25) is 5.91 Å². The van der Waals surface area contributed by atoms with Gasteiger partial charge in [-0.25, -0.2) is 4.98 Å². The van der Waals surface area contributed by atoms with Crippen LogP contribution < -0.4 is 21.1 Å². The van der Waals surface area contributed by atoms with E-state index in [4.69, 9.17) is 33.7 Å². The molecule has 8 nitrogen and oxygen atoms in total. The Morgan fingerprint density at radius 2 is 1.68 bits per heavy atom. The molecule has 3 atom stereocenters. The third-order valence-corrected chi connectivity index (χ3v) is 7.47. The lowest BCUT2D eigenvalue weighted by molar-refractivity contribution is -0.119. The summed E-state index contributed by atoms with van der Waals surface area (Å²) < 4.78 is 6.02. The number of H-pyrrole nitrogens is 1. The first-order valence-electron chi connectivity index (χ1n) is 13.0. The summed E-state index contributed by atoms with van der Waals surface area (Å²) >= 11 is 12.1. The van der Waals surface area contributed by atoms with E-state index >= 15 is 0 Å². The number of fused-ring (bicyclic) bond motifs is 1. The van der Waals surface area contributed by atoms with Crippen molar-refractivity contribution in [2.75, 3.05) is 6.61 Å². The lowest BCUT2D eigenvalue weighted by Crippen LogP contribution is -2.46. The fraction of sp³-hybridized carbons (Fsp3) is 0.233. The van der Waals surface area contributed by atoms with Gasteiger partial charge in [0.05, 0.1) is 30.2 Å². The lowest BCUT2D eigenvalue weighted by Gasteiger charge is -2.31. The maximum atomic E-state index is 13.4. The van der Waals surface area contributed by atoms with Crippen molar-refractivity contribution >= 4 is 35.0 Å². The number of halogens is 2. The number of hydrogen-bond acceptors (Lipinski definition) is 5. The highest BCUT2D eigenvalue weighted by atomic mass is 35.5. The van der Waals surface area contributed by atoms with E-state index in [9.17, 15) is 9.59 Å². The molecule has 2 amide bonds. The van der Waals surface area contributed by atoms with Crippen LogP contribution in [0.2, 0.25) is 10.0 Å². The summed E-state index contributed by atoms with van der Waals surface area (Å²) in [5.74, 6) is -0.562. The van der Waals surface area contributed by atoms with Crippen LogP contribution in [-0.4, -0.2) is 34.4 Å². The topological polar surface area (TPSA) is 122 Å². The second-order valence-corrected chi connectivity index (χ2v) is 10.6. The van der Waals surface area contributed by atoms with Crippen LogP contribution in [0.5, 0.6) is 5.75 Å². The first-order chi connectivity index (χ1) is 19.4. The molecule has 0 spiro atoms. The Hall–Kier alpha value is -3.85. The zero-order valence-electron chi connectivity index (χ0n) is 21.6. The van der Waals surface area contributed by atoms with Crippen molar-refractivity contribution in [2.45, 2.75) is 37.4 Å². The average Bonchev–Trinajstić information content (AvgIpc) is 3.49. The fourth-order valence-corrected chi connectivity index (χ4v) is 5.16. The van der Waals surface area contributed by atoms with E-state index < -0.39 is 17.9 Å². The zero-order valence-corrected chi connectivity index (χ0v) is 23.1. The second kappa shape index (κ2) is 12.6. The molecule has 3 aromatic carbocycles. The van der Waals surface area contributed by atoms with Crippen LogP contribution in [0.15, 0.2) is 79.3 Å². The van der Waals surface area contributed by atoms with E-state index in [0.717, 1.165) is 22.4 Å². The fourth-order valence-electron chi connectivity index (χ4n) is 4.91. The molecular weight excluding hydrogens is 549 g/mol. The van der Waals surface area contributed by atoms with Crippen LogP contribution in [0, 0.1) is 0 Å². The van der Waals surface area contributed by atoms with Crippen LogP contribution in [0.25, 0.3) is 0 Å². The Labute approximate surface area is 242 Å². The first-order valence-corrected chi connectivity index (χ1v) is 13.7. The van der Waals surface area contributed by atoms with Gasteiger partial charge in [0.25, 0.3) is 5.91 Å². The van der Waals surface area contributed by atoms with Gasteiger partial charge in [0, 0.05) is 40.7 Å². The predicted octanol–water partition coefficient (Wildman–Crippen LogP) is 4.94. The molecule has 0 aliphatic carbocycles. The number of imidazole rings is 1. The van der Waals surface area contributed by atoms with E-state index in [0.29, 0.717) is 40.8 Å². The molecule has 40 heavy (non-hydrogen) atoms. The third-order valence-electron chi connectivity index (χ3n) is 6.97. The number of rotatable bonds is 10. The molecule has 2 unspecified atom stereocenters. The monoisotopic (exact) mass is 577 g/mol. The minimum absolute atomic E-state index is 0.0734. The van der Waals surface area contributed by atoms with Crippen molar-refractivity contribution in [3.8, 4) is 5.75 Å². The van der Waals surface area contributed by atoms with Gasteiger partial charge in [0.15, 0.2) is 0 Å². The standard InChI is InChI=1S/C30H29Cl2N5O3/c31-20-8-4-18(5-9-20)14-25(27-16-34-17-35-27)36-24-12-13-40-28-22(24)2-1-3-23(28)30(39)37-26(29(33)38)15-19-6-10-21(32)11-7-19/h1-11,16-17,24-26,36H,12-15H2,(H2,33,38)(H,34,35)(H,37,39)/t24?,25?,26-/m0/s1. The third kappa shape index (κ3) is 6.65. The summed E-state index contributed by atoms with van der Waals surface area (Å²) in [4.78, 5) is 33.0.